The van der Waals surface area contributed by atoms with Gasteiger partial charge in [-0.15, -0.1) is 11.8 Å². The molecule has 6 heteroatoms. The maximum atomic E-state index is 11.5. The summed E-state index contributed by atoms with van der Waals surface area (Å²) in [6.45, 7) is 1.77. The summed E-state index contributed by atoms with van der Waals surface area (Å²) in [5, 5.41) is 3.00. The Morgan fingerprint density at radius 1 is 1.77 bits per heavy atom. The van der Waals surface area contributed by atoms with Gasteiger partial charge >= 0.3 is 0 Å². The summed E-state index contributed by atoms with van der Waals surface area (Å²) in [7, 11) is -2.28. The second-order valence-electron chi connectivity index (χ2n) is 2.95. The Morgan fingerprint density at radius 3 is 2.92 bits per heavy atom. The monoisotopic (exact) mass is 222 g/mol. The topological polar surface area (TPSA) is 58.5 Å². The summed E-state index contributed by atoms with van der Waals surface area (Å²) in [5.41, 5.74) is 0. The molecule has 76 valence electrons. The molecule has 0 saturated carbocycles. The summed E-state index contributed by atoms with van der Waals surface area (Å²) < 4.78 is 15.2. The lowest BCUT2D eigenvalue weighted by Gasteiger charge is -2.04. The van der Waals surface area contributed by atoms with Crippen molar-refractivity contribution in [3.63, 3.8) is 0 Å². The van der Waals surface area contributed by atoms with Crippen LogP contribution in [0.5, 0.6) is 0 Å². The number of hydrogen-bond acceptors (Lipinski definition) is 4. The van der Waals surface area contributed by atoms with Crippen molar-refractivity contribution in [2.24, 2.45) is 4.36 Å². The van der Waals surface area contributed by atoms with E-state index in [1.807, 2.05) is 0 Å². The molecule has 0 aromatic heterocycles. The van der Waals surface area contributed by atoms with Gasteiger partial charge in [0.1, 0.15) is 0 Å². The summed E-state index contributed by atoms with van der Waals surface area (Å²) in [6, 6.07) is -0.225. The highest BCUT2D eigenvalue weighted by molar-refractivity contribution is 7.99. The Labute approximate surface area is 83.0 Å². The first-order valence-electron chi connectivity index (χ1n) is 4.10. The molecular formula is C7H14N2O2S2. The highest BCUT2D eigenvalue weighted by atomic mass is 32.2. The molecule has 1 rings (SSSR count). The second-order valence-corrected chi connectivity index (χ2v) is 6.66. The molecule has 0 aromatic rings. The third-order valence-electron chi connectivity index (χ3n) is 1.83. The number of thioether (sulfide) groups is 1. The Kier molecular flexibility index (Phi) is 3.75. The Hall–Kier alpha value is -0.0700. The second kappa shape index (κ2) is 4.43. The van der Waals surface area contributed by atoms with Crippen molar-refractivity contribution in [1.29, 1.82) is 0 Å². The van der Waals surface area contributed by atoms with Crippen LogP contribution in [-0.4, -0.2) is 39.8 Å². The van der Waals surface area contributed by atoms with Crippen LogP contribution in [0.1, 0.15) is 6.92 Å². The zero-order valence-electron chi connectivity index (χ0n) is 7.78. The van der Waals surface area contributed by atoms with Crippen LogP contribution in [0.2, 0.25) is 0 Å². The zero-order valence-corrected chi connectivity index (χ0v) is 9.41. The van der Waals surface area contributed by atoms with Gasteiger partial charge in [0.05, 0.1) is 15.8 Å². The largest absolute Gasteiger partial charge is 0.296 e. The van der Waals surface area contributed by atoms with E-state index in [-0.39, 0.29) is 11.9 Å². The van der Waals surface area contributed by atoms with E-state index in [4.69, 9.17) is 0 Å². The molecule has 1 amide bonds. The fraction of sp³-hybridized carbons (Fsp3) is 0.857. The summed E-state index contributed by atoms with van der Waals surface area (Å²) in [4.78, 5) is 11.4. The first-order valence-corrected chi connectivity index (χ1v) is 7.34. The van der Waals surface area contributed by atoms with Crippen molar-refractivity contribution in [2.75, 3.05) is 23.6 Å². The number of rotatable bonds is 2. The predicted molar refractivity (Wildman–Crippen MR) is 56.3 cm³/mol. The number of nitrogens with one attached hydrogen (secondary N) is 1. The molecule has 1 fully saturated rings. The smallest absolute Gasteiger partial charge is 0.271 e. The lowest BCUT2D eigenvalue weighted by molar-refractivity contribution is -0.118. The predicted octanol–water partition coefficient (Wildman–Crippen LogP) is 0.293. The first kappa shape index (κ1) is 11.0. The molecule has 1 heterocycles. The van der Waals surface area contributed by atoms with E-state index in [9.17, 15) is 9.00 Å². The maximum absolute atomic E-state index is 11.5. The number of carbonyl (C=O) groups excluding carboxylic acids is 1. The van der Waals surface area contributed by atoms with Gasteiger partial charge in [-0.1, -0.05) is 6.92 Å². The summed E-state index contributed by atoms with van der Waals surface area (Å²) in [5.74, 6) is 1.68. The molecule has 1 saturated heterocycles. The van der Waals surface area contributed by atoms with Gasteiger partial charge in [-0.2, -0.15) is 4.36 Å². The van der Waals surface area contributed by atoms with Gasteiger partial charge in [-0.05, 0) is 0 Å². The SMILES string of the molecule is CCS(C)(=O)=NC(=O)C1CSCN1. The van der Waals surface area contributed by atoms with Crippen LogP contribution in [0.4, 0.5) is 0 Å². The van der Waals surface area contributed by atoms with Crippen LogP contribution in [0, 0.1) is 0 Å². The molecule has 2 atom stereocenters. The molecule has 4 nitrogen and oxygen atoms in total. The van der Waals surface area contributed by atoms with E-state index < -0.39 is 9.73 Å². The van der Waals surface area contributed by atoms with E-state index in [2.05, 4.69) is 9.68 Å². The van der Waals surface area contributed by atoms with E-state index in [0.29, 0.717) is 5.75 Å². The number of hydrogen-bond donors (Lipinski definition) is 1. The zero-order chi connectivity index (χ0) is 9.90. The van der Waals surface area contributed by atoms with Gasteiger partial charge in [0.15, 0.2) is 0 Å². The summed E-state index contributed by atoms with van der Waals surface area (Å²) in [6.07, 6.45) is 1.52. The number of amides is 1. The molecule has 0 spiro atoms. The Bertz CT molecular complexity index is 302. The van der Waals surface area contributed by atoms with Crippen LogP contribution in [0.15, 0.2) is 4.36 Å². The maximum Gasteiger partial charge on any atom is 0.271 e. The first-order chi connectivity index (χ1) is 6.05. The van der Waals surface area contributed by atoms with Crippen LogP contribution in [0.25, 0.3) is 0 Å². The standard InChI is InChI=1S/C7H14N2O2S2/c1-3-13(2,11)9-7(10)6-4-12-5-8-6/h6,8H,3-5H2,1-2H3. The Morgan fingerprint density at radius 2 is 2.46 bits per heavy atom. The van der Waals surface area contributed by atoms with Crippen LogP contribution < -0.4 is 5.32 Å². The third kappa shape index (κ3) is 3.28. The normalized spacial score (nSPS) is 26.8. The number of carbonyl (C=O) groups is 1. The molecule has 1 N–H and O–H groups in total. The van der Waals surface area contributed by atoms with Crippen molar-refractivity contribution < 1.29 is 9.00 Å². The minimum absolute atomic E-state index is 0.225. The van der Waals surface area contributed by atoms with Crippen molar-refractivity contribution in [3.05, 3.63) is 0 Å². The minimum atomic E-state index is -2.28. The third-order valence-corrected chi connectivity index (χ3v) is 4.41. The molecule has 0 aromatic carbocycles. The molecule has 13 heavy (non-hydrogen) atoms. The molecule has 2 unspecified atom stereocenters. The lowest BCUT2D eigenvalue weighted by atomic mass is 10.3. The fourth-order valence-corrected chi connectivity index (χ4v) is 2.44. The minimum Gasteiger partial charge on any atom is -0.296 e. The van der Waals surface area contributed by atoms with Crippen molar-refractivity contribution in [1.82, 2.24) is 5.32 Å². The highest BCUT2D eigenvalue weighted by Crippen LogP contribution is 2.11. The van der Waals surface area contributed by atoms with Gasteiger partial charge in [0, 0.05) is 23.6 Å². The lowest BCUT2D eigenvalue weighted by Crippen LogP contribution is -2.32. The quantitative estimate of drug-likeness (QED) is 0.730. The van der Waals surface area contributed by atoms with Gasteiger partial charge in [-0.3, -0.25) is 10.1 Å². The molecule has 1 aliphatic rings. The van der Waals surface area contributed by atoms with Gasteiger partial charge < -0.3 is 0 Å². The van der Waals surface area contributed by atoms with E-state index in [0.717, 1.165) is 11.6 Å². The highest BCUT2D eigenvalue weighted by Gasteiger charge is 2.22. The molecular weight excluding hydrogens is 208 g/mol. The average molecular weight is 222 g/mol. The summed E-state index contributed by atoms with van der Waals surface area (Å²) >= 11 is 1.66. The molecule has 0 bridgehead atoms. The molecule has 0 aliphatic carbocycles. The van der Waals surface area contributed by atoms with Gasteiger partial charge in [-0.25, -0.2) is 4.21 Å². The van der Waals surface area contributed by atoms with E-state index >= 15 is 0 Å². The molecule has 0 radical (unpaired) electrons. The van der Waals surface area contributed by atoms with Crippen LogP contribution >= 0.6 is 11.8 Å². The van der Waals surface area contributed by atoms with Crippen LogP contribution in [-0.2, 0) is 14.5 Å². The van der Waals surface area contributed by atoms with Crippen molar-refractivity contribution in [3.8, 4) is 0 Å². The Balaban J connectivity index is 2.68. The van der Waals surface area contributed by atoms with E-state index in [1.54, 1.807) is 18.7 Å². The number of nitrogens with zero attached hydrogens (tertiary/aromatic N) is 1. The van der Waals surface area contributed by atoms with Crippen molar-refractivity contribution in [2.45, 2.75) is 13.0 Å². The van der Waals surface area contributed by atoms with Crippen LogP contribution in [0.3, 0.4) is 0 Å². The van der Waals surface area contributed by atoms with Crippen molar-refractivity contribution >= 4 is 27.4 Å². The average Bonchev–Trinajstić information content (AvgIpc) is 2.55. The molecule has 1 aliphatic heterocycles. The van der Waals surface area contributed by atoms with Gasteiger partial charge in [0.2, 0.25) is 0 Å². The van der Waals surface area contributed by atoms with Gasteiger partial charge in [0.25, 0.3) is 5.91 Å². The van der Waals surface area contributed by atoms with E-state index in [1.165, 1.54) is 6.26 Å². The fourth-order valence-electron chi connectivity index (χ4n) is 0.872.